The van der Waals surface area contributed by atoms with E-state index in [0.29, 0.717) is 0 Å². The number of benzene rings is 3. The van der Waals surface area contributed by atoms with Crippen LogP contribution in [-0.4, -0.2) is 7.11 Å². The smallest absolute Gasteiger partial charge is 0.119 e. The lowest BCUT2D eigenvalue weighted by molar-refractivity contribution is 0.414. The maximum absolute atomic E-state index is 5.27. The molecule has 0 aromatic heterocycles. The first-order valence-corrected chi connectivity index (χ1v) is 7.60. The Morgan fingerprint density at radius 1 is 0.952 bits per heavy atom. The van der Waals surface area contributed by atoms with Crippen molar-refractivity contribution in [2.75, 3.05) is 12.4 Å². The molecule has 0 fully saturated rings. The fourth-order valence-electron chi connectivity index (χ4n) is 2.31. The molecular weight excluding hydrogens is 326 g/mol. The number of hydrogen-bond acceptors (Lipinski definition) is 2. The molecule has 0 bridgehead atoms. The summed E-state index contributed by atoms with van der Waals surface area (Å²) < 4.78 is 6.35. The van der Waals surface area contributed by atoms with Gasteiger partial charge in [0.25, 0.3) is 0 Å². The topological polar surface area (TPSA) is 21.3 Å². The van der Waals surface area contributed by atoms with Crippen LogP contribution in [0.15, 0.2) is 65.1 Å². The van der Waals surface area contributed by atoms with Crippen LogP contribution in [0, 0.1) is 0 Å². The molecule has 3 rings (SSSR count). The van der Waals surface area contributed by atoms with Gasteiger partial charge in [-0.25, -0.2) is 0 Å². The minimum absolute atomic E-state index is 0.746. The molecule has 0 saturated heterocycles. The molecular formula is C18H16BrNO. The van der Waals surface area contributed by atoms with Crippen molar-refractivity contribution in [3.63, 3.8) is 0 Å². The van der Waals surface area contributed by atoms with Crippen molar-refractivity contribution in [1.82, 2.24) is 0 Å². The van der Waals surface area contributed by atoms with Gasteiger partial charge in [0.2, 0.25) is 0 Å². The van der Waals surface area contributed by atoms with E-state index >= 15 is 0 Å². The Morgan fingerprint density at radius 3 is 2.57 bits per heavy atom. The molecule has 0 atom stereocenters. The summed E-state index contributed by atoms with van der Waals surface area (Å²) in [4.78, 5) is 0. The number of ether oxygens (including phenoxy) is 1. The molecule has 3 heteroatoms. The van der Waals surface area contributed by atoms with Crippen LogP contribution in [0.2, 0.25) is 0 Å². The highest BCUT2D eigenvalue weighted by Gasteiger charge is 2.03. The molecule has 0 aliphatic rings. The molecule has 0 aliphatic heterocycles. The second-order valence-electron chi connectivity index (χ2n) is 4.87. The van der Waals surface area contributed by atoms with Crippen molar-refractivity contribution in [3.05, 3.63) is 70.7 Å². The molecule has 0 amide bonds. The van der Waals surface area contributed by atoms with E-state index in [1.54, 1.807) is 7.11 Å². The highest BCUT2D eigenvalue weighted by Crippen LogP contribution is 2.24. The number of halogens is 1. The van der Waals surface area contributed by atoms with Crippen molar-refractivity contribution in [2.24, 2.45) is 0 Å². The number of fused-ring (bicyclic) bond motifs is 1. The Bertz CT molecular complexity index is 770. The third-order valence-corrected chi connectivity index (χ3v) is 4.26. The molecule has 0 unspecified atom stereocenters. The first-order chi connectivity index (χ1) is 10.3. The van der Waals surface area contributed by atoms with Gasteiger partial charge < -0.3 is 10.1 Å². The summed E-state index contributed by atoms with van der Waals surface area (Å²) >= 11 is 3.58. The van der Waals surface area contributed by atoms with Crippen LogP contribution in [0.1, 0.15) is 5.56 Å². The lowest BCUT2D eigenvalue weighted by atomic mass is 10.1. The van der Waals surface area contributed by atoms with Crippen molar-refractivity contribution < 1.29 is 4.74 Å². The number of anilines is 1. The third-order valence-electron chi connectivity index (χ3n) is 3.49. The molecule has 3 aromatic rings. The van der Waals surface area contributed by atoms with E-state index in [0.717, 1.165) is 22.5 Å². The highest BCUT2D eigenvalue weighted by atomic mass is 79.9. The summed E-state index contributed by atoms with van der Waals surface area (Å²) in [5.41, 5.74) is 2.28. The predicted octanol–water partition coefficient (Wildman–Crippen LogP) is 5.22. The van der Waals surface area contributed by atoms with Gasteiger partial charge in [0, 0.05) is 16.7 Å². The van der Waals surface area contributed by atoms with Crippen LogP contribution in [0.4, 0.5) is 5.69 Å². The monoisotopic (exact) mass is 341 g/mol. The van der Waals surface area contributed by atoms with Gasteiger partial charge in [0.05, 0.1) is 7.11 Å². The van der Waals surface area contributed by atoms with E-state index in [1.165, 1.54) is 16.3 Å². The minimum Gasteiger partial charge on any atom is -0.497 e. The van der Waals surface area contributed by atoms with Crippen LogP contribution in [0.25, 0.3) is 10.8 Å². The van der Waals surface area contributed by atoms with Gasteiger partial charge in [0.1, 0.15) is 5.75 Å². The standard InChI is InChI=1S/C18H16BrNO/c1-21-17-8-9-18(19)15(11-17)12-20-16-7-6-13-4-2-3-5-14(13)10-16/h2-11,20H,12H2,1H3. The Kier molecular flexibility index (Phi) is 4.11. The zero-order valence-corrected chi connectivity index (χ0v) is 13.4. The fourth-order valence-corrected chi connectivity index (χ4v) is 2.70. The van der Waals surface area contributed by atoms with E-state index in [4.69, 9.17) is 4.74 Å². The summed E-state index contributed by atoms with van der Waals surface area (Å²) in [5, 5.41) is 5.96. The first-order valence-electron chi connectivity index (χ1n) is 6.81. The van der Waals surface area contributed by atoms with Crippen molar-refractivity contribution in [3.8, 4) is 5.75 Å². The Hall–Kier alpha value is -2.00. The molecule has 106 valence electrons. The quantitative estimate of drug-likeness (QED) is 0.702. The third kappa shape index (κ3) is 3.19. The van der Waals surface area contributed by atoms with Gasteiger partial charge in [-0.15, -0.1) is 0 Å². The summed E-state index contributed by atoms with van der Waals surface area (Å²) in [6.45, 7) is 0.746. The Morgan fingerprint density at radius 2 is 1.76 bits per heavy atom. The molecule has 1 N–H and O–H groups in total. The van der Waals surface area contributed by atoms with E-state index in [-0.39, 0.29) is 0 Å². The molecule has 0 saturated carbocycles. The van der Waals surface area contributed by atoms with Gasteiger partial charge in [-0.2, -0.15) is 0 Å². The van der Waals surface area contributed by atoms with Crippen LogP contribution < -0.4 is 10.1 Å². The lowest BCUT2D eigenvalue weighted by Crippen LogP contribution is -2.00. The summed E-state index contributed by atoms with van der Waals surface area (Å²) in [7, 11) is 1.68. The van der Waals surface area contributed by atoms with Crippen molar-refractivity contribution >= 4 is 32.4 Å². The number of nitrogens with one attached hydrogen (secondary N) is 1. The molecule has 21 heavy (non-hydrogen) atoms. The summed E-state index contributed by atoms with van der Waals surface area (Å²) in [5.74, 6) is 0.869. The second kappa shape index (κ2) is 6.19. The zero-order valence-electron chi connectivity index (χ0n) is 11.8. The van der Waals surface area contributed by atoms with E-state index in [9.17, 15) is 0 Å². The predicted molar refractivity (Wildman–Crippen MR) is 92.0 cm³/mol. The minimum atomic E-state index is 0.746. The average Bonchev–Trinajstić information content (AvgIpc) is 2.54. The van der Waals surface area contributed by atoms with E-state index < -0.39 is 0 Å². The van der Waals surface area contributed by atoms with Crippen LogP contribution in [0.5, 0.6) is 5.75 Å². The fraction of sp³-hybridized carbons (Fsp3) is 0.111. The molecule has 0 heterocycles. The van der Waals surface area contributed by atoms with Crippen LogP contribution >= 0.6 is 15.9 Å². The maximum Gasteiger partial charge on any atom is 0.119 e. The normalized spacial score (nSPS) is 10.6. The van der Waals surface area contributed by atoms with Gasteiger partial charge in [-0.3, -0.25) is 0 Å². The molecule has 3 aromatic carbocycles. The number of methoxy groups -OCH3 is 1. The Labute approximate surface area is 132 Å². The second-order valence-corrected chi connectivity index (χ2v) is 5.73. The molecule has 2 nitrogen and oxygen atoms in total. The van der Waals surface area contributed by atoms with E-state index in [1.807, 2.05) is 18.2 Å². The highest BCUT2D eigenvalue weighted by molar-refractivity contribution is 9.10. The van der Waals surface area contributed by atoms with Crippen molar-refractivity contribution in [2.45, 2.75) is 6.54 Å². The van der Waals surface area contributed by atoms with E-state index in [2.05, 4.69) is 63.7 Å². The van der Waals surface area contributed by atoms with Crippen molar-refractivity contribution in [1.29, 1.82) is 0 Å². The molecule has 0 spiro atoms. The summed E-state index contributed by atoms with van der Waals surface area (Å²) in [6, 6.07) is 20.8. The van der Waals surface area contributed by atoms with Gasteiger partial charge in [0.15, 0.2) is 0 Å². The van der Waals surface area contributed by atoms with Crippen LogP contribution in [-0.2, 0) is 6.54 Å². The molecule has 0 radical (unpaired) electrons. The van der Waals surface area contributed by atoms with Gasteiger partial charge in [-0.05, 0) is 46.7 Å². The van der Waals surface area contributed by atoms with Gasteiger partial charge >= 0.3 is 0 Å². The average molecular weight is 342 g/mol. The SMILES string of the molecule is COc1ccc(Br)c(CNc2ccc3ccccc3c2)c1. The van der Waals surface area contributed by atoms with Gasteiger partial charge in [-0.1, -0.05) is 46.3 Å². The zero-order chi connectivity index (χ0) is 14.7. The Balaban J connectivity index is 1.80. The summed E-state index contributed by atoms with van der Waals surface area (Å²) in [6.07, 6.45) is 0. The molecule has 0 aliphatic carbocycles. The maximum atomic E-state index is 5.27. The van der Waals surface area contributed by atoms with Crippen LogP contribution in [0.3, 0.4) is 0 Å². The first kappa shape index (κ1) is 14.0. The number of hydrogen-bond donors (Lipinski definition) is 1. The number of rotatable bonds is 4. The lowest BCUT2D eigenvalue weighted by Gasteiger charge is -2.10. The largest absolute Gasteiger partial charge is 0.497 e.